The lowest BCUT2D eigenvalue weighted by Crippen LogP contribution is -2.47. The lowest BCUT2D eigenvalue weighted by atomic mass is 9.90. The van der Waals surface area contributed by atoms with Crippen molar-refractivity contribution in [2.45, 2.75) is 135 Å². The Balaban J connectivity index is 3.23. The summed E-state index contributed by atoms with van der Waals surface area (Å²) in [4.78, 5) is 11.1. The van der Waals surface area contributed by atoms with Crippen LogP contribution in [-0.2, 0) is 4.79 Å². The topological polar surface area (TPSA) is 63.3 Å². The maximum atomic E-state index is 11.1. The van der Waals surface area contributed by atoms with Gasteiger partial charge in [0.1, 0.15) is 5.54 Å². The smallest absolute Gasteiger partial charge is 0.323 e. The summed E-state index contributed by atoms with van der Waals surface area (Å²) >= 11 is 0. The van der Waals surface area contributed by atoms with Crippen molar-refractivity contribution in [3.8, 4) is 0 Å². The standard InChI is InChI=1S/C22H45NO2/c1-3-5-6-7-8-9-10-11-12-13-14-15-16-17-18-19-20-22(23,4-2)21(24)25/h3-20,23H2,1-2H3,(H,24,25). The Labute approximate surface area is 157 Å². The van der Waals surface area contributed by atoms with Crippen LogP contribution in [0.3, 0.4) is 0 Å². The maximum Gasteiger partial charge on any atom is 0.323 e. The molecule has 0 spiro atoms. The van der Waals surface area contributed by atoms with Crippen molar-refractivity contribution in [1.29, 1.82) is 0 Å². The fourth-order valence-corrected chi connectivity index (χ4v) is 3.42. The number of rotatable bonds is 19. The van der Waals surface area contributed by atoms with Crippen molar-refractivity contribution < 1.29 is 9.90 Å². The second-order valence-corrected chi connectivity index (χ2v) is 7.87. The third kappa shape index (κ3) is 14.3. The first-order valence-electron chi connectivity index (χ1n) is 11.1. The molecule has 3 nitrogen and oxygen atoms in total. The Hall–Kier alpha value is -0.570. The SMILES string of the molecule is CCCCCCCCCCCCCCCCCCC(N)(CC)C(=O)O. The Kier molecular flexibility index (Phi) is 16.5. The molecule has 0 aliphatic rings. The minimum Gasteiger partial charge on any atom is -0.480 e. The van der Waals surface area contributed by atoms with Gasteiger partial charge >= 0.3 is 5.97 Å². The summed E-state index contributed by atoms with van der Waals surface area (Å²) in [6.45, 7) is 4.14. The van der Waals surface area contributed by atoms with E-state index in [9.17, 15) is 4.79 Å². The Morgan fingerprint density at radius 1 is 0.680 bits per heavy atom. The largest absolute Gasteiger partial charge is 0.480 e. The average Bonchev–Trinajstić information content (AvgIpc) is 2.61. The van der Waals surface area contributed by atoms with Crippen LogP contribution >= 0.6 is 0 Å². The Morgan fingerprint density at radius 2 is 1.00 bits per heavy atom. The van der Waals surface area contributed by atoms with E-state index in [-0.39, 0.29) is 0 Å². The minimum absolute atomic E-state index is 0.515. The molecule has 25 heavy (non-hydrogen) atoms. The van der Waals surface area contributed by atoms with E-state index in [1.807, 2.05) is 6.92 Å². The van der Waals surface area contributed by atoms with Gasteiger partial charge in [-0.15, -0.1) is 0 Å². The van der Waals surface area contributed by atoms with Gasteiger partial charge in [-0.1, -0.05) is 117 Å². The number of unbranched alkanes of at least 4 members (excludes halogenated alkanes) is 15. The van der Waals surface area contributed by atoms with Gasteiger partial charge < -0.3 is 10.8 Å². The zero-order valence-electron chi connectivity index (χ0n) is 17.2. The van der Waals surface area contributed by atoms with Crippen LogP contribution in [0.2, 0.25) is 0 Å². The van der Waals surface area contributed by atoms with Crippen LogP contribution in [0.5, 0.6) is 0 Å². The van der Waals surface area contributed by atoms with Crippen molar-refractivity contribution in [2.75, 3.05) is 0 Å². The van der Waals surface area contributed by atoms with Crippen LogP contribution in [-0.4, -0.2) is 16.6 Å². The molecule has 0 saturated carbocycles. The van der Waals surface area contributed by atoms with Crippen molar-refractivity contribution in [3.05, 3.63) is 0 Å². The number of aliphatic carboxylic acids is 1. The van der Waals surface area contributed by atoms with Crippen molar-refractivity contribution in [3.63, 3.8) is 0 Å². The van der Waals surface area contributed by atoms with E-state index in [1.54, 1.807) is 0 Å². The summed E-state index contributed by atoms with van der Waals surface area (Å²) < 4.78 is 0. The van der Waals surface area contributed by atoms with Crippen LogP contribution in [0.4, 0.5) is 0 Å². The van der Waals surface area contributed by atoms with Gasteiger partial charge in [0.05, 0.1) is 0 Å². The third-order valence-electron chi connectivity index (χ3n) is 5.53. The summed E-state index contributed by atoms with van der Waals surface area (Å²) in [6.07, 6.45) is 22.5. The van der Waals surface area contributed by atoms with Crippen molar-refractivity contribution in [2.24, 2.45) is 5.73 Å². The number of hydrogen-bond donors (Lipinski definition) is 2. The molecule has 0 aromatic carbocycles. The molecule has 150 valence electrons. The van der Waals surface area contributed by atoms with Crippen LogP contribution < -0.4 is 5.73 Å². The highest BCUT2D eigenvalue weighted by atomic mass is 16.4. The molecule has 3 heteroatoms. The number of carboxylic acid groups (broad SMARTS) is 1. The lowest BCUT2D eigenvalue weighted by Gasteiger charge is -2.22. The summed E-state index contributed by atoms with van der Waals surface area (Å²) in [5.74, 6) is -0.851. The van der Waals surface area contributed by atoms with Crippen LogP contribution in [0.25, 0.3) is 0 Å². The molecule has 1 unspecified atom stereocenters. The van der Waals surface area contributed by atoms with Gasteiger partial charge in [-0.25, -0.2) is 0 Å². The van der Waals surface area contributed by atoms with E-state index in [0.29, 0.717) is 12.8 Å². The number of carbonyl (C=O) groups is 1. The van der Waals surface area contributed by atoms with E-state index < -0.39 is 11.5 Å². The molecule has 0 aliphatic carbocycles. The molecule has 0 radical (unpaired) electrons. The summed E-state index contributed by atoms with van der Waals surface area (Å²) in [5.41, 5.74) is 4.90. The number of nitrogens with two attached hydrogens (primary N) is 1. The zero-order valence-corrected chi connectivity index (χ0v) is 17.2. The van der Waals surface area contributed by atoms with Crippen LogP contribution in [0, 0.1) is 0 Å². The fourth-order valence-electron chi connectivity index (χ4n) is 3.42. The lowest BCUT2D eigenvalue weighted by molar-refractivity contribution is -0.143. The quantitative estimate of drug-likeness (QED) is 0.250. The monoisotopic (exact) mass is 355 g/mol. The predicted octanol–water partition coefficient (Wildman–Crippen LogP) is 6.83. The molecular weight excluding hydrogens is 310 g/mol. The second kappa shape index (κ2) is 16.9. The molecule has 0 aromatic heterocycles. The number of carboxylic acids is 1. The van der Waals surface area contributed by atoms with Crippen LogP contribution in [0.1, 0.15) is 129 Å². The molecule has 0 aromatic rings. The first kappa shape index (κ1) is 24.4. The van der Waals surface area contributed by atoms with Crippen LogP contribution in [0.15, 0.2) is 0 Å². The molecule has 1 atom stereocenters. The molecule has 3 N–H and O–H groups in total. The molecular formula is C22H45NO2. The average molecular weight is 356 g/mol. The maximum absolute atomic E-state index is 11.1. The normalized spacial score (nSPS) is 13.7. The molecule has 0 aliphatic heterocycles. The first-order chi connectivity index (χ1) is 12.1. The number of hydrogen-bond acceptors (Lipinski definition) is 2. The van der Waals surface area contributed by atoms with Gasteiger partial charge in [0, 0.05) is 0 Å². The van der Waals surface area contributed by atoms with Gasteiger partial charge in [-0.3, -0.25) is 4.79 Å². The van der Waals surface area contributed by atoms with E-state index in [0.717, 1.165) is 12.8 Å². The first-order valence-corrected chi connectivity index (χ1v) is 11.1. The van der Waals surface area contributed by atoms with Gasteiger partial charge in [0.15, 0.2) is 0 Å². The van der Waals surface area contributed by atoms with E-state index >= 15 is 0 Å². The second-order valence-electron chi connectivity index (χ2n) is 7.87. The molecule has 0 heterocycles. The third-order valence-corrected chi connectivity index (χ3v) is 5.53. The van der Waals surface area contributed by atoms with Gasteiger partial charge in [-0.05, 0) is 12.8 Å². The summed E-state index contributed by atoms with van der Waals surface area (Å²) in [6, 6.07) is 0. The Bertz CT molecular complexity index is 306. The molecule has 0 rings (SSSR count). The van der Waals surface area contributed by atoms with Crippen molar-refractivity contribution in [1.82, 2.24) is 0 Å². The summed E-state index contributed by atoms with van der Waals surface area (Å²) in [5, 5.41) is 9.13. The molecule has 0 fully saturated rings. The zero-order chi connectivity index (χ0) is 18.8. The van der Waals surface area contributed by atoms with Gasteiger partial charge in [0.2, 0.25) is 0 Å². The van der Waals surface area contributed by atoms with E-state index in [4.69, 9.17) is 10.8 Å². The highest BCUT2D eigenvalue weighted by Crippen LogP contribution is 2.18. The van der Waals surface area contributed by atoms with E-state index in [1.165, 1.54) is 89.9 Å². The fraction of sp³-hybridized carbons (Fsp3) is 0.955. The predicted molar refractivity (Wildman–Crippen MR) is 109 cm³/mol. The minimum atomic E-state index is -1.00. The van der Waals surface area contributed by atoms with Gasteiger partial charge in [-0.2, -0.15) is 0 Å². The Morgan fingerprint density at radius 3 is 1.28 bits per heavy atom. The van der Waals surface area contributed by atoms with Gasteiger partial charge in [0.25, 0.3) is 0 Å². The highest BCUT2D eigenvalue weighted by molar-refractivity contribution is 5.78. The molecule has 0 amide bonds. The van der Waals surface area contributed by atoms with Crippen molar-refractivity contribution >= 4 is 5.97 Å². The molecule has 0 bridgehead atoms. The van der Waals surface area contributed by atoms with E-state index in [2.05, 4.69) is 6.92 Å². The summed E-state index contributed by atoms with van der Waals surface area (Å²) in [7, 11) is 0. The molecule has 0 saturated heterocycles. The highest BCUT2D eigenvalue weighted by Gasteiger charge is 2.30.